The smallest absolute Gasteiger partial charge is 0.0336 e. The fraction of sp³-hybridized carbons (Fsp3) is 1.00. The summed E-state index contributed by atoms with van der Waals surface area (Å²) in [4.78, 5) is 0. The molecule has 0 heterocycles. The summed E-state index contributed by atoms with van der Waals surface area (Å²) >= 11 is 8.07. The van der Waals surface area contributed by atoms with E-state index < -0.39 is 0 Å². The van der Waals surface area contributed by atoms with Gasteiger partial charge >= 0.3 is 0 Å². The first kappa shape index (κ1) is 12.7. The van der Waals surface area contributed by atoms with Crippen LogP contribution in [0.5, 0.6) is 0 Å². The maximum absolute atomic E-state index is 6.06. The minimum absolute atomic E-state index is 0.460. The van der Waals surface area contributed by atoms with Gasteiger partial charge in [0.25, 0.3) is 0 Å². The quantitative estimate of drug-likeness (QED) is 0.561. The lowest BCUT2D eigenvalue weighted by Gasteiger charge is -2.25. The molecule has 0 bridgehead atoms. The summed E-state index contributed by atoms with van der Waals surface area (Å²) in [7, 11) is 0. The molecule has 0 atom stereocenters. The molecule has 1 aliphatic carbocycles. The molecule has 14 heavy (non-hydrogen) atoms. The molecule has 0 aromatic carbocycles. The maximum atomic E-state index is 6.06. The summed E-state index contributed by atoms with van der Waals surface area (Å²) in [5.41, 5.74) is 0. The van der Waals surface area contributed by atoms with E-state index in [2.05, 4.69) is 12.2 Å². The van der Waals surface area contributed by atoms with Crippen molar-refractivity contribution < 1.29 is 0 Å². The van der Waals surface area contributed by atoms with Crippen molar-refractivity contribution in [3.8, 4) is 0 Å². The number of halogens is 1. The first-order valence-corrected chi connectivity index (χ1v) is 7.34. The third kappa shape index (κ3) is 5.47. The fourth-order valence-corrected chi connectivity index (χ4v) is 2.75. The second-order valence-electron chi connectivity index (χ2n) is 4.02. The zero-order chi connectivity index (χ0) is 10.2. The molecule has 0 amide bonds. The van der Waals surface area contributed by atoms with E-state index in [1.165, 1.54) is 50.3 Å². The Labute approximate surface area is 97.4 Å². The zero-order valence-electron chi connectivity index (χ0n) is 9.10. The van der Waals surface area contributed by atoms with Gasteiger partial charge in [-0.2, -0.15) is 11.8 Å². The van der Waals surface area contributed by atoms with Crippen molar-refractivity contribution in [3.63, 3.8) is 0 Å². The lowest BCUT2D eigenvalue weighted by molar-refractivity contribution is 0.349. The predicted molar refractivity (Wildman–Crippen MR) is 67.5 cm³/mol. The number of rotatable bonds is 6. The van der Waals surface area contributed by atoms with Gasteiger partial charge in [0, 0.05) is 17.7 Å². The standard InChI is InChI=1S/C11H22ClNS/c1-2-14-8-7-13-9-10-3-5-11(12)6-4-10/h10-11,13H,2-9H2,1H3. The number of thioether (sulfide) groups is 1. The average molecular weight is 236 g/mol. The van der Waals surface area contributed by atoms with Crippen LogP contribution in [0.3, 0.4) is 0 Å². The van der Waals surface area contributed by atoms with Crippen molar-refractivity contribution in [1.29, 1.82) is 0 Å². The van der Waals surface area contributed by atoms with Gasteiger partial charge in [0.05, 0.1) is 0 Å². The van der Waals surface area contributed by atoms with Crippen molar-refractivity contribution >= 4 is 23.4 Å². The summed E-state index contributed by atoms with van der Waals surface area (Å²) in [6, 6.07) is 0. The third-order valence-corrected chi connectivity index (χ3v) is 4.17. The van der Waals surface area contributed by atoms with Crippen molar-refractivity contribution in [2.45, 2.75) is 38.0 Å². The lowest BCUT2D eigenvalue weighted by atomic mass is 9.89. The van der Waals surface area contributed by atoms with E-state index >= 15 is 0 Å². The fourth-order valence-electron chi connectivity index (χ4n) is 1.92. The Morgan fingerprint density at radius 2 is 2.00 bits per heavy atom. The molecule has 1 aliphatic rings. The number of hydrogen-bond acceptors (Lipinski definition) is 2. The van der Waals surface area contributed by atoms with E-state index in [0.29, 0.717) is 5.38 Å². The molecule has 0 unspecified atom stereocenters. The second-order valence-corrected chi connectivity index (χ2v) is 6.03. The minimum atomic E-state index is 0.460. The molecule has 0 radical (unpaired) electrons. The largest absolute Gasteiger partial charge is 0.316 e. The molecule has 0 aromatic rings. The Kier molecular flexibility index (Phi) is 7.09. The monoisotopic (exact) mass is 235 g/mol. The van der Waals surface area contributed by atoms with Gasteiger partial charge < -0.3 is 5.32 Å². The Hall–Kier alpha value is 0.600. The van der Waals surface area contributed by atoms with Crippen LogP contribution in [0.25, 0.3) is 0 Å². The number of alkyl halides is 1. The summed E-state index contributed by atoms with van der Waals surface area (Å²) in [6.07, 6.45) is 5.08. The molecule has 1 nitrogen and oxygen atoms in total. The molecular formula is C11H22ClNS. The summed E-state index contributed by atoms with van der Waals surface area (Å²) < 4.78 is 0. The van der Waals surface area contributed by atoms with Crippen LogP contribution >= 0.6 is 23.4 Å². The van der Waals surface area contributed by atoms with Gasteiger partial charge in [-0.1, -0.05) is 6.92 Å². The van der Waals surface area contributed by atoms with Crippen LogP contribution in [0, 0.1) is 5.92 Å². The van der Waals surface area contributed by atoms with Gasteiger partial charge in [0.15, 0.2) is 0 Å². The Morgan fingerprint density at radius 1 is 1.29 bits per heavy atom. The number of hydrogen-bond donors (Lipinski definition) is 1. The average Bonchev–Trinajstić information content (AvgIpc) is 2.21. The SMILES string of the molecule is CCSCCNCC1CCC(Cl)CC1. The topological polar surface area (TPSA) is 12.0 Å². The van der Waals surface area contributed by atoms with Crippen LogP contribution in [0.1, 0.15) is 32.6 Å². The molecule has 0 spiro atoms. The molecule has 1 rings (SSSR count). The van der Waals surface area contributed by atoms with Crippen LogP contribution in [0.15, 0.2) is 0 Å². The van der Waals surface area contributed by atoms with Crippen LogP contribution in [0.4, 0.5) is 0 Å². The first-order chi connectivity index (χ1) is 6.83. The molecule has 0 aliphatic heterocycles. The van der Waals surface area contributed by atoms with E-state index in [1.807, 2.05) is 11.8 Å². The summed E-state index contributed by atoms with van der Waals surface area (Å²) in [6.45, 7) is 4.58. The first-order valence-electron chi connectivity index (χ1n) is 5.75. The molecule has 84 valence electrons. The highest BCUT2D eigenvalue weighted by atomic mass is 35.5. The zero-order valence-corrected chi connectivity index (χ0v) is 10.7. The number of nitrogens with one attached hydrogen (secondary N) is 1. The Balaban J connectivity index is 1.91. The normalized spacial score (nSPS) is 27.9. The van der Waals surface area contributed by atoms with Crippen molar-refractivity contribution in [2.75, 3.05) is 24.6 Å². The highest BCUT2D eigenvalue weighted by Crippen LogP contribution is 2.26. The minimum Gasteiger partial charge on any atom is -0.316 e. The highest BCUT2D eigenvalue weighted by molar-refractivity contribution is 7.99. The van der Waals surface area contributed by atoms with Gasteiger partial charge in [-0.25, -0.2) is 0 Å². The lowest BCUT2D eigenvalue weighted by Crippen LogP contribution is -2.28. The molecule has 0 saturated heterocycles. The third-order valence-electron chi connectivity index (χ3n) is 2.84. The van der Waals surface area contributed by atoms with Crippen molar-refractivity contribution in [3.05, 3.63) is 0 Å². The van der Waals surface area contributed by atoms with E-state index in [1.54, 1.807) is 0 Å². The van der Waals surface area contributed by atoms with E-state index in [-0.39, 0.29) is 0 Å². The molecule has 1 fully saturated rings. The van der Waals surface area contributed by atoms with E-state index in [9.17, 15) is 0 Å². The van der Waals surface area contributed by atoms with Crippen LogP contribution in [-0.4, -0.2) is 30.0 Å². The van der Waals surface area contributed by atoms with E-state index in [0.717, 1.165) is 5.92 Å². The van der Waals surface area contributed by atoms with Gasteiger partial charge in [-0.15, -0.1) is 11.6 Å². The van der Waals surface area contributed by atoms with Crippen molar-refractivity contribution in [2.24, 2.45) is 5.92 Å². The van der Waals surface area contributed by atoms with Crippen molar-refractivity contribution in [1.82, 2.24) is 5.32 Å². The highest BCUT2D eigenvalue weighted by Gasteiger charge is 2.18. The summed E-state index contributed by atoms with van der Waals surface area (Å²) in [5.74, 6) is 3.37. The van der Waals surface area contributed by atoms with E-state index in [4.69, 9.17) is 11.6 Å². The molecule has 1 N–H and O–H groups in total. The Morgan fingerprint density at radius 3 is 2.64 bits per heavy atom. The van der Waals surface area contributed by atoms with Gasteiger partial charge in [-0.05, 0) is 43.9 Å². The van der Waals surface area contributed by atoms with Crippen LogP contribution < -0.4 is 5.32 Å². The van der Waals surface area contributed by atoms with Crippen LogP contribution in [0.2, 0.25) is 0 Å². The molecule has 3 heteroatoms. The van der Waals surface area contributed by atoms with Gasteiger partial charge in [-0.3, -0.25) is 0 Å². The Bertz CT molecular complexity index is 135. The molecular weight excluding hydrogens is 214 g/mol. The molecule has 1 saturated carbocycles. The van der Waals surface area contributed by atoms with Gasteiger partial charge in [0.2, 0.25) is 0 Å². The predicted octanol–water partition coefficient (Wildman–Crippen LogP) is 3.13. The van der Waals surface area contributed by atoms with Gasteiger partial charge in [0.1, 0.15) is 0 Å². The molecule has 0 aromatic heterocycles. The second kappa shape index (κ2) is 7.84. The van der Waals surface area contributed by atoms with Crippen LogP contribution in [-0.2, 0) is 0 Å². The maximum Gasteiger partial charge on any atom is 0.0336 e. The summed E-state index contributed by atoms with van der Waals surface area (Å²) in [5, 5.41) is 4.00.